The molecule has 3 fully saturated rings. The fraction of sp³-hybridized carbons (Fsp3) is 0.933. The first-order chi connectivity index (χ1) is 15.2. The average molecular weight is 431 g/mol. The molecule has 0 saturated heterocycles. The van der Waals surface area contributed by atoms with Crippen LogP contribution in [0.5, 0.6) is 0 Å². The van der Waals surface area contributed by atoms with Crippen LogP contribution in [0.15, 0.2) is 0 Å². The predicted octanol–water partition coefficient (Wildman–Crippen LogP) is 9.52. The molecule has 0 aromatic rings. The summed E-state index contributed by atoms with van der Waals surface area (Å²) in [6, 6.07) is 0. The Morgan fingerprint density at radius 3 is 1.74 bits per heavy atom. The molecule has 0 heterocycles. The van der Waals surface area contributed by atoms with Crippen molar-refractivity contribution in [1.29, 1.82) is 0 Å². The first-order valence-electron chi connectivity index (χ1n) is 14.3. The van der Waals surface area contributed by atoms with Gasteiger partial charge in [-0.15, -0.1) is 0 Å². The molecule has 178 valence electrons. The molecular formula is C30H51F. The maximum atomic E-state index is 14.7. The number of hydrogen-bond donors (Lipinski definition) is 0. The molecule has 0 aromatic heterocycles. The summed E-state index contributed by atoms with van der Waals surface area (Å²) >= 11 is 0. The summed E-state index contributed by atoms with van der Waals surface area (Å²) < 4.78 is 14.7. The van der Waals surface area contributed by atoms with E-state index in [-0.39, 0.29) is 5.92 Å². The maximum Gasteiger partial charge on any atom is 0.114 e. The highest BCUT2D eigenvalue weighted by molar-refractivity contribution is 5.11. The molecule has 31 heavy (non-hydrogen) atoms. The van der Waals surface area contributed by atoms with Crippen LogP contribution in [-0.2, 0) is 0 Å². The smallest absolute Gasteiger partial charge is 0.114 e. The SMILES string of the molecule is CCCCCC1CCC(C2CCC(C#CC3CCC(CCCCC)CC3F)CC2)CC1. The fourth-order valence-electron chi connectivity index (χ4n) is 6.90. The molecular weight excluding hydrogens is 379 g/mol. The van der Waals surface area contributed by atoms with Gasteiger partial charge in [-0.2, -0.15) is 0 Å². The van der Waals surface area contributed by atoms with E-state index in [1.54, 1.807) is 0 Å². The second-order valence-electron chi connectivity index (χ2n) is 11.5. The van der Waals surface area contributed by atoms with E-state index in [9.17, 15) is 4.39 Å². The lowest BCUT2D eigenvalue weighted by Crippen LogP contribution is -2.26. The standard InChI is InChI=1S/C30H51F/c1-3-5-7-9-24-11-17-27(18-12-24)28-19-13-25(14-20-28)15-21-29-22-16-26(23-30(29)31)10-8-6-4-2/h24-30H,3-14,16-20,22-23H2,1-2H3. The largest absolute Gasteiger partial charge is 0.246 e. The molecule has 0 spiro atoms. The van der Waals surface area contributed by atoms with E-state index in [4.69, 9.17) is 0 Å². The molecule has 3 atom stereocenters. The molecule has 3 rings (SSSR count). The van der Waals surface area contributed by atoms with Crippen molar-refractivity contribution < 1.29 is 4.39 Å². The normalized spacial score (nSPS) is 36.5. The third-order valence-electron chi connectivity index (χ3n) is 9.12. The van der Waals surface area contributed by atoms with Crippen LogP contribution in [0.3, 0.4) is 0 Å². The van der Waals surface area contributed by atoms with Crippen LogP contribution in [0.2, 0.25) is 0 Å². The van der Waals surface area contributed by atoms with Crippen molar-refractivity contribution in [3.8, 4) is 11.8 Å². The minimum Gasteiger partial charge on any atom is -0.246 e. The van der Waals surface area contributed by atoms with Crippen molar-refractivity contribution in [2.45, 2.75) is 142 Å². The van der Waals surface area contributed by atoms with Crippen LogP contribution < -0.4 is 0 Å². The van der Waals surface area contributed by atoms with Crippen molar-refractivity contribution in [2.24, 2.45) is 35.5 Å². The summed E-state index contributed by atoms with van der Waals surface area (Å²) in [6.07, 6.45) is 24.4. The van der Waals surface area contributed by atoms with Gasteiger partial charge in [0.2, 0.25) is 0 Å². The molecule has 0 amide bonds. The first kappa shape index (κ1) is 25.1. The van der Waals surface area contributed by atoms with E-state index in [1.807, 2.05) is 0 Å². The number of alkyl halides is 1. The van der Waals surface area contributed by atoms with Gasteiger partial charge in [0.05, 0.1) is 5.92 Å². The molecule has 0 N–H and O–H groups in total. The van der Waals surface area contributed by atoms with E-state index < -0.39 is 6.17 Å². The molecule has 3 saturated carbocycles. The summed E-state index contributed by atoms with van der Waals surface area (Å²) in [5.74, 6) is 11.2. The minimum atomic E-state index is -0.670. The molecule has 0 radical (unpaired) electrons. The molecule has 1 heteroatoms. The number of rotatable bonds is 9. The zero-order valence-electron chi connectivity index (χ0n) is 20.9. The zero-order valence-corrected chi connectivity index (χ0v) is 20.9. The van der Waals surface area contributed by atoms with Crippen molar-refractivity contribution in [3.63, 3.8) is 0 Å². The van der Waals surface area contributed by atoms with Crippen LogP contribution in [-0.4, -0.2) is 6.17 Å². The van der Waals surface area contributed by atoms with E-state index in [1.165, 1.54) is 109 Å². The molecule has 0 aliphatic heterocycles. The summed E-state index contributed by atoms with van der Waals surface area (Å²) in [5, 5.41) is 0. The van der Waals surface area contributed by atoms with Gasteiger partial charge in [-0.05, 0) is 81.5 Å². The van der Waals surface area contributed by atoms with E-state index in [0.29, 0.717) is 11.8 Å². The number of unbranched alkanes of at least 4 members (excludes halogenated alkanes) is 4. The molecule has 0 aromatic carbocycles. The number of hydrogen-bond acceptors (Lipinski definition) is 0. The van der Waals surface area contributed by atoms with Gasteiger partial charge >= 0.3 is 0 Å². The van der Waals surface area contributed by atoms with Crippen molar-refractivity contribution in [3.05, 3.63) is 0 Å². The predicted molar refractivity (Wildman–Crippen MR) is 133 cm³/mol. The average Bonchev–Trinajstić information content (AvgIpc) is 2.80. The van der Waals surface area contributed by atoms with Gasteiger partial charge in [0.25, 0.3) is 0 Å². The molecule has 0 bridgehead atoms. The Morgan fingerprint density at radius 2 is 1.16 bits per heavy atom. The highest BCUT2D eigenvalue weighted by Gasteiger charge is 2.31. The second-order valence-corrected chi connectivity index (χ2v) is 11.5. The van der Waals surface area contributed by atoms with Crippen LogP contribution in [0.25, 0.3) is 0 Å². The molecule has 3 aliphatic rings. The second kappa shape index (κ2) is 13.9. The lowest BCUT2D eigenvalue weighted by molar-refractivity contribution is 0.149. The van der Waals surface area contributed by atoms with E-state index in [2.05, 4.69) is 25.7 Å². The van der Waals surface area contributed by atoms with Crippen molar-refractivity contribution >= 4 is 0 Å². The quantitative estimate of drug-likeness (QED) is 0.252. The summed E-state index contributed by atoms with van der Waals surface area (Å²) in [6.45, 7) is 4.56. The van der Waals surface area contributed by atoms with Gasteiger partial charge in [0.1, 0.15) is 6.17 Å². The van der Waals surface area contributed by atoms with E-state index >= 15 is 0 Å². The molecule has 3 unspecified atom stereocenters. The Hall–Kier alpha value is -0.510. The van der Waals surface area contributed by atoms with Crippen LogP contribution in [0, 0.1) is 47.3 Å². The van der Waals surface area contributed by atoms with Gasteiger partial charge < -0.3 is 0 Å². The monoisotopic (exact) mass is 430 g/mol. The van der Waals surface area contributed by atoms with Crippen LogP contribution in [0.1, 0.15) is 136 Å². The first-order valence-corrected chi connectivity index (χ1v) is 14.3. The minimum absolute atomic E-state index is 0.0307. The lowest BCUT2D eigenvalue weighted by atomic mass is 9.68. The Kier molecular flexibility index (Phi) is 11.3. The zero-order chi connectivity index (χ0) is 21.9. The Labute approximate surface area is 193 Å². The Balaban J connectivity index is 1.33. The third-order valence-corrected chi connectivity index (χ3v) is 9.12. The van der Waals surface area contributed by atoms with E-state index in [0.717, 1.165) is 30.6 Å². The van der Waals surface area contributed by atoms with Crippen molar-refractivity contribution in [2.75, 3.05) is 0 Å². The van der Waals surface area contributed by atoms with Gasteiger partial charge in [-0.25, -0.2) is 4.39 Å². The maximum absolute atomic E-state index is 14.7. The van der Waals surface area contributed by atoms with Gasteiger partial charge in [-0.1, -0.05) is 89.9 Å². The lowest BCUT2D eigenvalue weighted by Gasteiger charge is -2.37. The molecule has 3 aliphatic carbocycles. The van der Waals surface area contributed by atoms with Gasteiger partial charge in [0.15, 0.2) is 0 Å². The molecule has 0 nitrogen and oxygen atoms in total. The third kappa shape index (κ3) is 8.41. The van der Waals surface area contributed by atoms with Gasteiger partial charge in [0, 0.05) is 5.92 Å². The summed E-state index contributed by atoms with van der Waals surface area (Å²) in [5.41, 5.74) is 0. The van der Waals surface area contributed by atoms with Gasteiger partial charge in [-0.3, -0.25) is 0 Å². The van der Waals surface area contributed by atoms with Crippen LogP contribution >= 0.6 is 0 Å². The Morgan fingerprint density at radius 1 is 0.613 bits per heavy atom. The van der Waals surface area contributed by atoms with Crippen LogP contribution in [0.4, 0.5) is 4.39 Å². The topological polar surface area (TPSA) is 0 Å². The fourth-order valence-corrected chi connectivity index (χ4v) is 6.90. The Bertz CT molecular complexity index is 526. The van der Waals surface area contributed by atoms with Crippen molar-refractivity contribution in [1.82, 2.24) is 0 Å². The summed E-state index contributed by atoms with van der Waals surface area (Å²) in [4.78, 5) is 0. The summed E-state index contributed by atoms with van der Waals surface area (Å²) in [7, 11) is 0. The highest BCUT2D eigenvalue weighted by Crippen LogP contribution is 2.42. The highest BCUT2D eigenvalue weighted by atomic mass is 19.1. The number of halogens is 1.